The summed E-state index contributed by atoms with van der Waals surface area (Å²) in [5.41, 5.74) is -2.39. The standard InChI is InChI=1S/C14H12F7NO/c1-5-8-7(14(19,20)21)4-22-12(9(8)11(16)10(5)15)23-6-2-13(17,18)3-6/h4-6,10-11H,2-3H2,1H3/t5-,10-,11+/m0/s1. The van der Waals surface area contributed by atoms with Crippen LogP contribution in [0.5, 0.6) is 5.88 Å². The third-order valence-corrected chi connectivity index (χ3v) is 4.25. The Bertz CT molecular complexity index is 622. The molecule has 0 aliphatic heterocycles. The van der Waals surface area contributed by atoms with Crippen LogP contribution in [0.4, 0.5) is 30.7 Å². The molecule has 1 aromatic heterocycles. The van der Waals surface area contributed by atoms with Crippen molar-refractivity contribution in [3.63, 3.8) is 0 Å². The second kappa shape index (κ2) is 4.98. The van der Waals surface area contributed by atoms with Crippen molar-refractivity contribution in [2.24, 2.45) is 0 Å². The maximum atomic E-state index is 14.1. The molecule has 1 aromatic rings. The van der Waals surface area contributed by atoms with Gasteiger partial charge in [-0.1, -0.05) is 6.92 Å². The highest BCUT2D eigenvalue weighted by molar-refractivity contribution is 5.50. The van der Waals surface area contributed by atoms with Gasteiger partial charge in [-0.2, -0.15) is 13.2 Å². The van der Waals surface area contributed by atoms with E-state index < -0.39 is 71.9 Å². The van der Waals surface area contributed by atoms with Crippen LogP contribution in [-0.4, -0.2) is 23.2 Å². The highest BCUT2D eigenvalue weighted by Gasteiger charge is 2.51. The first-order valence-electron chi connectivity index (χ1n) is 6.94. The van der Waals surface area contributed by atoms with Gasteiger partial charge in [-0.15, -0.1) is 0 Å². The predicted octanol–water partition coefficient (Wildman–Crippen LogP) is 4.74. The van der Waals surface area contributed by atoms with E-state index in [1.54, 1.807) is 0 Å². The Kier molecular flexibility index (Phi) is 3.53. The molecule has 1 fully saturated rings. The maximum Gasteiger partial charge on any atom is 0.418 e. The molecule has 23 heavy (non-hydrogen) atoms. The van der Waals surface area contributed by atoms with Crippen molar-refractivity contribution in [2.75, 3.05) is 0 Å². The van der Waals surface area contributed by atoms with Crippen molar-refractivity contribution in [3.8, 4) is 5.88 Å². The van der Waals surface area contributed by atoms with Crippen LogP contribution in [-0.2, 0) is 6.18 Å². The molecule has 3 rings (SSSR count). The highest BCUT2D eigenvalue weighted by atomic mass is 19.4. The molecule has 2 aliphatic rings. The molecule has 0 radical (unpaired) electrons. The van der Waals surface area contributed by atoms with E-state index in [4.69, 9.17) is 4.74 Å². The molecule has 0 unspecified atom stereocenters. The first-order chi connectivity index (χ1) is 10.5. The van der Waals surface area contributed by atoms with Crippen LogP contribution < -0.4 is 4.74 Å². The summed E-state index contributed by atoms with van der Waals surface area (Å²) in [5, 5.41) is 0. The Labute approximate surface area is 126 Å². The minimum atomic E-state index is -4.82. The molecular weight excluding hydrogens is 331 g/mol. The number of ether oxygens (including phenoxy) is 1. The molecule has 0 aromatic carbocycles. The van der Waals surface area contributed by atoms with E-state index >= 15 is 0 Å². The summed E-state index contributed by atoms with van der Waals surface area (Å²) in [6, 6.07) is 0. The molecule has 3 atom stereocenters. The Morgan fingerprint density at radius 1 is 1.17 bits per heavy atom. The summed E-state index contributed by atoms with van der Waals surface area (Å²) in [5.74, 6) is -4.78. The fourth-order valence-corrected chi connectivity index (χ4v) is 3.02. The minimum Gasteiger partial charge on any atom is -0.474 e. The molecule has 0 saturated heterocycles. The summed E-state index contributed by atoms with van der Waals surface area (Å²) in [6.07, 6.45) is -11.1. The molecule has 128 valence electrons. The molecule has 1 heterocycles. The lowest BCUT2D eigenvalue weighted by Gasteiger charge is -2.35. The molecule has 0 N–H and O–H groups in total. The maximum absolute atomic E-state index is 14.1. The van der Waals surface area contributed by atoms with Crippen LogP contribution in [0.3, 0.4) is 0 Å². The topological polar surface area (TPSA) is 22.1 Å². The Balaban J connectivity index is 2.00. The number of aromatic nitrogens is 1. The molecule has 2 aliphatic carbocycles. The summed E-state index contributed by atoms with van der Waals surface area (Å²) in [6.45, 7) is 1.14. The Morgan fingerprint density at radius 3 is 2.30 bits per heavy atom. The van der Waals surface area contributed by atoms with Gasteiger partial charge in [0, 0.05) is 25.0 Å². The van der Waals surface area contributed by atoms with Gasteiger partial charge < -0.3 is 4.74 Å². The number of fused-ring (bicyclic) bond motifs is 1. The van der Waals surface area contributed by atoms with Gasteiger partial charge >= 0.3 is 6.18 Å². The van der Waals surface area contributed by atoms with E-state index in [9.17, 15) is 30.7 Å². The fourth-order valence-electron chi connectivity index (χ4n) is 3.02. The molecule has 0 amide bonds. The fraction of sp³-hybridized carbons (Fsp3) is 0.643. The van der Waals surface area contributed by atoms with E-state index in [0.29, 0.717) is 6.20 Å². The van der Waals surface area contributed by atoms with Gasteiger partial charge in [0.15, 0.2) is 6.17 Å². The first-order valence-corrected chi connectivity index (χ1v) is 6.94. The zero-order chi connectivity index (χ0) is 17.2. The zero-order valence-corrected chi connectivity index (χ0v) is 11.8. The number of rotatable bonds is 2. The van der Waals surface area contributed by atoms with E-state index in [-0.39, 0.29) is 0 Å². The number of hydrogen-bond donors (Lipinski definition) is 0. The summed E-state index contributed by atoms with van der Waals surface area (Å²) >= 11 is 0. The Morgan fingerprint density at radius 2 is 1.78 bits per heavy atom. The van der Waals surface area contributed by atoms with Gasteiger partial charge in [-0.25, -0.2) is 22.5 Å². The second-order valence-corrected chi connectivity index (χ2v) is 5.94. The molecule has 0 spiro atoms. The van der Waals surface area contributed by atoms with E-state index in [1.807, 2.05) is 0 Å². The van der Waals surface area contributed by atoms with Gasteiger partial charge in [0.25, 0.3) is 5.92 Å². The SMILES string of the molecule is C[C@H]1c2c(C(F)(F)F)cnc(OC3CC(F)(F)C3)c2[C@@H](F)[C@H]1F. The number of pyridine rings is 1. The predicted molar refractivity (Wildman–Crippen MR) is 65.0 cm³/mol. The molecule has 2 nitrogen and oxygen atoms in total. The first kappa shape index (κ1) is 16.3. The Hall–Kier alpha value is -1.54. The number of alkyl halides is 7. The van der Waals surface area contributed by atoms with E-state index in [2.05, 4.69) is 4.98 Å². The smallest absolute Gasteiger partial charge is 0.418 e. The molecule has 0 bridgehead atoms. The van der Waals surface area contributed by atoms with Crippen molar-refractivity contribution >= 4 is 0 Å². The van der Waals surface area contributed by atoms with Crippen LogP contribution >= 0.6 is 0 Å². The van der Waals surface area contributed by atoms with Gasteiger partial charge in [0.05, 0.1) is 11.1 Å². The van der Waals surface area contributed by atoms with Crippen molar-refractivity contribution in [1.29, 1.82) is 0 Å². The quantitative estimate of drug-likeness (QED) is 0.724. The van der Waals surface area contributed by atoms with E-state index in [0.717, 1.165) is 6.92 Å². The van der Waals surface area contributed by atoms with Crippen molar-refractivity contribution in [3.05, 3.63) is 22.9 Å². The highest BCUT2D eigenvalue weighted by Crippen LogP contribution is 2.52. The third kappa shape index (κ3) is 2.63. The minimum absolute atomic E-state index is 0.437. The van der Waals surface area contributed by atoms with Gasteiger partial charge in [-0.3, -0.25) is 0 Å². The lowest BCUT2D eigenvalue weighted by Crippen LogP contribution is -2.43. The summed E-state index contributed by atoms with van der Waals surface area (Å²) in [4.78, 5) is 3.41. The molecule has 9 heteroatoms. The van der Waals surface area contributed by atoms with Crippen molar-refractivity contribution < 1.29 is 35.5 Å². The van der Waals surface area contributed by atoms with Crippen LogP contribution in [0.1, 0.15) is 48.5 Å². The van der Waals surface area contributed by atoms with Gasteiger partial charge in [0.1, 0.15) is 12.3 Å². The van der Waals surface area contributed by atoms with Gasteiger partial charge in [0.2, 0.25) is 5.88 Å². The summed E-state index contributed by atoms with van der Waals surface area (Å²) in [7, 11) is 0. The summed E-state index contributed by atoms with van der Waals surface area (Å²) < 4.78 is 97.7. The number of halogens is 7. The van der Waals surface area contributed by atoms with Crippen LogP contribution in [0.2, 0.25) is 0 Å². The monoisotopic (exact) mass is 343 g/mol. The van der Waals surface area contributed by atoms with Crippen LogP contribution in [0.15, 0.2) is 6.20 Å². The zero-order valence-electron chi connectivity index (χ0n) is 11.8. The average molecular weight is 343 g/mol. The third-order valence-electron chi connectivity index (χ3n) is 4.25. The van der Waals surface area contributed by atoms with Gasteiger partial charge in [-0.05, 0) is 5.56 Å². The van der Waals surface area contributed by atoms with Crippen molar-refractivity contribution in [1.82, 2.24) is 4.98 Å². The largest absolute Gasteiger partial charge is 0.474 e. The van der Waals surface area contributed by atoms with Crippen LogP contribution in [0, 0.1) is 0 Å². The van der Waals surface area contributed by atoms with Crippen LogP contribution in [0.25, 0.3) is 0 Å². The van der Waals surface area contributed by atoms with Crippen molar-refractivity contribution in [2.45, 2.75) is 56.2 Å². The average Bonchev–Trinajstić information content (AvgIpc) is 2.61. The second-order valence-electron chi connectivity index (χ2n) is 5.94. The molecule has 1 saturated carbocycles. The normalized spacial score (nSPS) is 30.0. The number of nitrogens with zero attached hydrogens (tertiary/aromatic N) is 1. The number of hydrogen-bond acceptors (Lipinski definition) is 2. The van der Waals surface area contributed by atoms with E-state index in [1.165, 1.54) is 0 Å². The molecular formula is C14H12F7NO. The lowest BCUT2D eigenvalue weighted by molar-refractivity contribution is -0.139. The lowest BCUT2D eigenvalue weighted by atomic mass is 9.91.